The monoisotopic (exact) mass is 337 g/mol. The fourth-order valence-corrected chi connectivity index (χ4v) is 3.19. The lowest BCUT2D eigenvalue weighted by Gasteiger charge is -2.35. The van der Waals surface area contributed by atoms with E-state index < -0.39 is 11.7 Å². The van der Waals surface area contributed by atoms with Gasteiger partial charge in [-0.15, -0.1) is 0 Å². The average molecular weight is 337 g/mol. The maximum Gasteiger partial charge on any atom is 0.258 e. The first-order valence-corrected chi connectivity index (χ1v) is 8.46. The predicted octanol–water partition coefficient (Wildman–Crippen LogP) is 4.33. The van der Waals surface area contributed by atoms with E-state index in [2.05, 4.69) is 17.1 Å². The molecule has 0 aromatic heterocycles. The summed E-state index contributed by atoms with van der Waals surface area (Å²) in [6.07, 6.45) is 3.65. The molecule has 0 spiro atoms. The van der Waals surface area contributed by atoms with E-state index in [1.54, 1.807) is 0 Å². The van der Waals surface area contributed by atoms with Gasteiger partial charge in [-0.2, -0.15) is 5.26 Å². The summed E-state index contributed by atoms with van der Waals surface area (Å²) in [5.41, 5.74) is 1.86. The second-order valence-electron chi connectivity index (χ2n) is 6.35. The van der Waals surface area contributed by atoms with Crippen LogP contribution in [0.2, 0.25) is 0 Å². The quantitative estimate of drug-likeness (QED) is 0.907. The molecule has 128 valence electrons. The average Bonchev–Trinajstić information content (AvgIpc) is 2.62. The number of nitrogens with zero attached hydrogens (tertiary/aromatic N) is 2. The summed E-state index contributed by atoms with van der Waals surface area (Å²) >= 11 is 0. The molecule has 0 aliphatic carbocycles. The van der Waals surface area contributed by atoms with Crippen molar-refractivity contribution in [2.45, 2.75) is 32.2 Å². The highest BCUT2D eigenvalue weighted by atomic mass is 19.1. The fourth-order valence-electron chi connectivity index (χ4n) is 3.19. The van der Waals surface area contributed by atoms with Crippen LogP contribution in [0.3, 0.4) is 0 Å². The van der Waals surface area contributed by atoms with E-state index in [9.17, 15) is 9.18 Å². The molecule has 0 radical (unpaired) electrons. The summed E-state index contributed by atoms with van der Waals surface area (Å²) in [6.45, 7) is 3.27. The fraction of sp³-hybridized carbons (Fsp3) is 0.300. The molecule has 1 saturated heterocycles. The Morgan fingerprint density at radius 3 is 2.64 bits per heavy atom. The third kappa shape index (κ3) is 3.80. The SMILES string of the molecule is C[C@@H]1CCCCN1c1ccc(NC(=O)c2ccc(C#N)cc2F)cc1. The van der Waals surface area contributed by atoms with Gasteiger partial charge >= 0.3 is 0 Å². The Balaban J connectivity index is 1.71. The summed E-state index contributed by atoms with van der Waals surface area (Å²) in [4.78, 5) is 14.6. The molecule has 3 rings (SSSR count). The Kier molecular flexibility index (Phi) is 4.99. The lowest BCUT2D eigenvalue weighted by Crippen LogP contribution is -2.37. The number of halogens is 1. The van der Waals surface area contributed by atoms with Gasteiger partial charge in [0.05, 0.1) is 17.2 Å². The van der Waals surface area contributed by atoms with E-state index in [1.807, 2.05) is 30.3 Å². The Hall–Kier alpha value is -2.87. The number of hydrogen-bond acceptors (Lipinski definition) is 3. The first-order valence-electron chi connectivity index (χ1n) is 8.46. The topological polar surface area (TPSA) is 56.1 Å². The Morgan fingerprint density at radius 2 is 2.00 bits per heavy atom. The summed E-state index contributed by atoms with van der Waals surface area (Å²) in [7, 11) is 0. The molecule has 2 aromatic rings. The van der Waals surface area contributed by atoms with Gasteiger partial charge < -0.3 is 10.2 Å². The van der Waals surface area contributed by atoms with Crippen molar-refractivity contribution in [2.24, 2.45) is 0 Å². The molecule has 1 atom stereocenters. The van der Waals surface area contributed by atoms with Gasteiger partial charge in [0.2, 0.25) is 0 Å². The van der Waals surface area contributed by atoms with Crippen LogP contribution in [0.4, 0.5) is 15.8 Å². The standard InChI is InChI=1S/C20H20FN3O/c1-14-4-2-3-11-24(14)17-8-6-16(7-9-17)23-20(25)18-10-5-15(13-22)12-19(18)21/h5-10,12,14H,2-4,11H2,1H3,(H,23,25)/t14-/m1/s1. The van der Waals surface area contributed by atoms with Gasteiger partial charge in [0.25, 0.3) is 5.91 Å². The van der Waals surface area contributed by atoms with Crippen molar-refractivity contribution in [1.82, 2.24) is 0 Å². The van der Waals surface area contributed by atoms with Crippen LogP contribution >= 0.6 is 0 Å². The molecule has 5 heteroatoms. The summed E-state index contributed by atoms with van der Waals surface area (Å²) in [6, 6.07) is 13.8. The zero-order valence-electron chi connectivity index (χ0n) is 14.1. The van der Waals surface area contributed by atoms with Crippen LogP contribution in [0.5, 0.6) is 0 Å². The molecule has 0 saturated carbocycles. The van der Waals surface area contributed by atoms with Crippen molar-refractivity contribution in [1.29, 1.82) is 5.26 Å². The van der Waals surface area contributed by atoms with Gasteiger partial charge in [0.15, 0.2) is 0 Å². The minimum absolute atomic E-state index is 0.0762. The largest absolute Gasteiger partial charge is 0.369 e. The first-order chi connectivity index (χ1) is 12.1. The number of benzene rings is 2. The maximum atomic E-state index is 13.9. The van der Waals surface area contributed by atoms with E-state index in [-0.39, 0.29) is 11.1 Å². The van der Waals surface area contributed by atoms with E-state index in [4.69, 9.17) is 5.26 Å². The lowest BCUT2D eigenvalue weighted by atomic mass is 10.0. The van der Waals surface area contributed by atoms with Crippen molar-refractivity contribution >= 4 is 17.3 Å². The molecule has 1 heterocycles. The highest BCUT2D eigenvalue weighted by Gasteiger charge is 2.18. The number of nitrogens with one attached hydrogen (secondary N) is 1. The van der Waals surface area contributed by atoms with Crippen molar-refractivity contribution in [2.75, 3.05) is 16.8 Å². The van der Waals surface area contributed by atoms with Crippen LogP contribution in [-0.2, 0) is 0 Å². The molecule has 25 heavy (non-hydrogen) atoms. The van der Waals surface area contributed by atoms with Crippen molar-refractivity contribution in [3.05, 3.63) is 59.4 Å². The number of hydrogen-bond donors (Lipinski definition) is 1. The third-order valence-corrected chi connectivity index (χ3v) is 4.60. The predicted molar refractivity (Wildman–Crippen MR) is 96.2 cm³/mol. The van der Waals surface area contributed by atoms with E-state index in [0.717, 1.165) is 18.3 Å². The van der Waals surface area contributed by atoms with Gasteiger partial charge in [-0.25, -0.2) is 4.39 Å². The number of carbonyl (C=O) groups excluding carboxylic acids is 1. The molecule has 1 aliphatic rings. The van der Waals surface area contributed by atoms with Gasteiger partial charge in [-0.1, -0.05) is 0 Å². The van der Waals surface area contributed by atoms with Crippen molar-refractivity contribution in [3.8, 4) is 6.07 Å². The summed E-state index contributed by atoms with van der Waals surface area (Å²) < 4.78 is 13.9. The molecule has 1 aliphatic heterocycles. The van der Waals surface area contributed by atoms with Crippen LogP contribution in [0, 0.1) is 17.1 Å². The van der Waals surface area contributed by atoms with Gasteiger partial charge in [0, 0.05) is 24.0 Å². The highest BCUT2D eigenvalue weighted by molar-refractivity contribution is 6.04. The molecule has 1 amide bonds. The molecule has 1 fully saturated rings. The zero-order valence-corrected chi connectivity index (χ0v) is 14.1. The normalized spacial score (nSPS) is 17.0. The van der Waals surface area contributed by atoms with Crippen LogP contribution in [0.25, 0.3) is 0 Å². The Morgan fingerprint density at radius 1 is 1.24 bits per heavy atom. The van der Waals surface area contributed by atoms with Crippen LogP contribution in [0.1, 0.15) is 42.1 Å². The zero-order chi connectivity index (χ0) is 17.8. The summed E-state index contributed by atoms with van der Waals surface area (Å²) in [5.74, 6) is -1.23. The number of rotatable bonds is 3. The molecule has 0 unspecified atom stereocenters. The van der Waals surface area contributed by atoms with E-state index in [0.29, 0.717) is 11.7 Å². The minimum atomic E-state index is -0.699. The molecule has 0 bridgehead atoms. The third-order valence-electron chi connectivity index (χ3n) is 4.60. The van der Waals surface area contributed by atoms with Gasteiger partial charge in [-0.3, -0.25) is 4.79 Å². The van der Waals surface area contributed by atoms with Crippen molar-refractivity contribution < 1.29 is 9.18 Å². The second kappa shape index (κ2) is 7.35. The van der Waals surface area contributed by atoms with Gasteiger partial charge in [-0.05, 0) is 68.7 Å². The molecular weight excluding hydrogens is 317 g/mol. The van der Waals surface area contributed by atoms with Crippen molar-refractivity contribution in [3.63, 3.8) is 0 Å². The summed E-state index contributed by atoms with van der Waals surface area (Å²) in [5, 5.41) is 11.5. The molecular formula is C20H20FN3O. The lowest BCUT2D eigenvalue weighted by molar-refractivity contribution is 0.102. The Bertz CT molecular complexity index is 811. The minimum Gasteiger partial charge on any atom is -0.369 e. The smallest absolute Gasteiger partial charge is 0.258 e. The molecule has 1 N–H and O–H groups in total. The van der Waals surface area contributed by atoms with E-state index >= 15 is 0 Å². The number of nitriles is 1. The first kappa shape index (κ1) is 17.0. The van der Waals surface area contributed by atoms with Crippen LogP contribution < -0.4 is 10.2 Å². The molecule has 2 aromatic carbocycles. The number of anilines is 2. The maximum absolute atomic E-state index is 13.9. The van der Waals surface area contributed by atoms with Gasteiger partial charge in [0.1, 0.15) is 5.82 Å². The number of amides is 1. The van der Waals surface area contributed by atoms with Crippen LogP contribution in [0.15, 0.2) is 42.5 Å². The second-order valence-corrected chi connectivity index (χ2v) is 6.35. The van der Waals surface area contributed by atoms with E-state index in [1.165, 1.54) is 31.4 Å². The number of piperidine rings is 1. The Labute approximate surface area is 146 Å². The number of carbonyl (C=O) groups is 1. The van der Waals surface area contributed by atoms with Crippen LogP contribution in [-0.4, -0.2) is 18.5 Å². The highest BCUT2D eigenvalue weighted by Crippen LogP contribution is 2.26. The molecule has 4 nitrogen and oxygen atoms in total.